The molecule has 5 heteroatoms. The monoisotopic (exact) mass is 335 g/mol. The lowest BCUT2D eigenvalue weighted by Gasteiger charge is -2.37. The molecule has 2 bridgehead atoms. The fourth-order valence-corrected chi connectivity index (χ4v) is 5.38. The van der Waals surface area contributed by atoms with Gasteiger partial charge in [0.25, 0.3) is 0 Å². The summed E-state index contributed by atoms with van der Waals surface area (Å²) in [6.45, 7) is 8.12. The summed E-state index contributed by atoms with van der Waals surface area (Å²) in [5.74, 6) is 2.44. The van der Waals surface area contributed by atoms with Crippen molar-refractivity contribution in [2.24, 2.45) is 22.2 Å². The van der Waals surface area contributed by atoms with Gasteiger partial charge in [-0.25, -0.2) is 0 Å². The summed E-state index contributed by atoms with van der Waals surface area (Å²) >= 11 is 0. The van der Waals surface area contributed by atoms with Crippen LogP contribution in [0.2, 0.25) is 0 Å². The van der Waals surface area contributed by atoms with Crippen molar-refractivity contribution in [2.75, 3.05) is 26.2 Å². The number of hydrogen-bond acceptors (Lipinski definition) is 3. The summed E-state index contributed by atoms with van der Waals surface area (Å²) in [6, 6.07) is 0. The fraction of sp³-hybridized carbons (Fsp3) is 0.947. The molecule has 3 heterocycles. The number of hydrogen-bond donors (Lipinski definition) is 2. The predicted octanol–water partition coefficient (Wildman–Crippen LogP) is 2.00. The third-order valence-electron chi connectivity index (χ3n) is 6.96. The van der Waals surface area contributed by atoms with Crippen LogP contribution in [0.15, 0.2) is 4.99 Å². The van der Waals surface area contributed by atoms with Crippen molar-refractivity contribution in [3.63, 3.8) is 0 Å². The van der Waals surface area contributed by atoms with Crippen molar-refractivity contribution in [1.82, 2.24) is 10.2 Å². The van der Waals surface area contributed by atoms with E-state index < -0.39 is 0 Å². The van der Waals surface area contributed by atoms with E-state index in [2.05, 4.69) is 24.1 Å². The minimum atomic E-state index is -0.208. The topological polar surface area (TPSA) is 57.1 Å². The molecule has 4 fully saturated rings. The third kappa shape index (κ3) is 2.84. The van der Waals surface area contributed by atoms with Crippen molar-refractivity contribution < 1.29 is 9.84 Å². The molecule has 0 radical (unpaired) electrons. The summed E-state index contributed by atoms with van der Waals surface area (Å²) in [4.78, 5) is 7.42. The zero-order valence-corrected chi connectivity index (χ0v) is 15.2. The van der Waals surface area contributed by atoms with Gasteiger partial charge in [-0.05, 0) is 32.6 Å². The summed E-state index contributed by atoms with van der Waals surface area (Å²) in [5.41, 5.74) is -0.0589. The first-order valence-corrected chi connectivity index (χ1v) is 9.97. The van der Waals surface area contributed by atoms with E-state index in [1.807, 2.05) is 0 Å². The number of guanidine groups is 1. The molecule has 0 amide bonds. The highest BCUT2D eigenvalue weighted by Gasteiger charge is 2.53. The summed E-state index contributed by atoms with van der Waals surface area (Å²) in [5, 5.41) is 13.9. The van der Waals surface area contributed by atoms with Gasteiger partial charge in [-0.15, -0.1) is 0 Å². The molecule has 4 aliphatic rings. The summed E-state index contributed by atoms with van der Waals surface area (Å²) in [7, 11) is 0. The van der Waals surface area contributed by atoms with E-state index in [4.69, 9.17) is 9.73 Å². The minimum absolute atomic E-state index is 0.0589. The number of nitrogens with zero attached hydrogens (tertiary/aromatic N) is 2. The first kappa shape index (κ1) is 16.6. The molecule has 6 unspecified atom stereocenters. The van der Waals surface area contributed by atoms with Crippen molar-refractivity contribution >= 4 is 5.96 Å². The molecule has 1 saturated carbocycles. The van der Waals surface area contributed by atoms with E-state index in [1.54, 1.807) is 0 Å². The van der Waals surface area contributed by atoms with Crippen molar-refractivity contribution in [2.45, 2.75) is 70.7 Å². The Morgan fingerprint density at radius 1 is 1.21 bits per heavy atom. The Morgan fingerprint density at radius 3 is 2.54 bits per heavy atom. The molecular formula is C19H33N3O2. The van der Waals surface area contributed by atoms with Crippen LogP contribution in [0.3, 0.4) is 0 Å². The molecule has 3 saturated heterocycles. The minimum Gasteiger partial charge on any atom is -0.392 e. The molecule has 1 aliphatic carbocycles. The van der Waals surface area contributed by atoms with Crippen LogP contribution in [0.5, 0.6) is 0 Å². The highest BCUT2D eigenvalue weighted by Crippen LogP contribution is 2.47. The van der Waals surface area contributed by atoms with Crippen LogP contribution in [-0.4, -0.2) is 60.5 Å². The van der Waals surface area contributed by atoms with Gasteiger partial charge in [0.2, 0.25) is 0 Å². The molecule has 0 aromatic heterocycles. The number of aliphatic imine (C=N–C) groups is 1. The number of likely N-dealkylation sites (tertiary alicyclic amines) is 1. The Hall–Kier alpha value is -0.810. The maximum atomic E-state index is 10.4. The van der Waals surface area contributed by atoms with E-state index >= 15 is 0 Å². The fourth-order valence-electron chi connectivity index (χ4n) is 5.38. The zero-order valence-electron chi connectivity index (χ0n) is 15.2. The zero-order chi connectivity index (χ0) is 16.7. The molecule has 0 aromatic carbocycles. The molecule has 2 N–H and O–H groups in total. The smallest absolute Gasteiger partial charge is 0.193 e. The number of ether oxygens (including phenoxy) is 1. The van der Waals surface area contributed by atoms with Crippen molar-refractivity contribution in [3.8, 4) is 0 Å². The van der Waals surface area contributed by atoms with Gasteiger partial charge in [-0.2, -0.15) is 0 Å². The number of aliphatic hydroxyl groups excluding tert-OH is 1. The maximum Gasteiger partial charge on any atom is 0.193 e. The predicted molar refractivity (Wildman–Crippen MR) is 95.0 cm³/mol. The Morgan fingerprint density at radius 2 is 1.92 bits per heavy atom. The van der Waals surface area contributed by atoms with Crippen LogP contribution >= 0.6 is 0 Å². The van der Waals surface area contributed by atoms with Gasteiger partial charge in [-0.1, -0.05) is 19.8 Å². The molecule has 5 nitrogen and oxygen atoms in total. The van der Waals surface area contributed by atoms with Gasteiger partial charge in [0.05, 0.1) is 24.9 Å². The van der Waals surface area contributed by atoms with Crippen molar-refractivity contribution in [1.29, 1.82) is 0 Å². The first-order valence-electron chi connectivity index (χ1n) is 9.97. The Balaban J connectivity index is 1.44. The van der Waals surface area contributed by atoms with Crippen LogP contribution in [0.4, 0.5) is 0 Å². The van der Waals surface area contributed by atoms with E-state index in [-0.39, 0.29) is 11.5 Å². The molecule has 3 aliphatic heterocycles. The normalized spacial score (nSPS) is 44.9. The largest absolute Gasteiger partial charge is 0.392 e. The SMILES string of the molecule is CCNC(=NCC1(C)CCCCC1O)N1CC2C3CCC(O3)C2C1. The first-order chi connectivity index (χ1) is 11.6. The molecule has 0 spiro atoms. The number of fused-ring (bicyclic) bond motifs is 5. The van der Waals surface area contributed by atoms with E-state index in [9.17, 15) is 5.11 Å². The van der Waals surface area contributed by atoms with Gasteiger partial charge < -0.3 is 20.1 Å². The lowest BCUT2D eigenvalue weighted by Crippen LogP contribution is -2.43. The average molecular weight is 335 g/mol. The second-order valence-electron chi connectivity index (χ2n) is 8.61. The number of aliphatic hydroxyl groups is 1. The Labute approximate surface area is 145 Å². The van der Waals surface area contributed by atoms with E-state index in [0.717, 1.165) is 51.4 Å². The standard InChI is InChI=1S/C19H33N3O2/c1-3-20-18(21-12-19(2)9-5-4-6-17(19)23)22-10-13-14(11-22)16-8-7-15(13)24-16/h13-17,23H,3-12H2,1-2H3,(H,20,21). The average Bonchev–Trinajstić information content (AvgIpc) is 3.27. The number of rotatable bonds is 3. The molecular weight excluding hydrogens is 302 g/mol. The third-order valence-corrected chi connectivity index (χ3v) is 6.96. The van der Waals surface area contributed by atoms with Crippen molar-refractivity contribution in [3.05, 3.63) is 0 Å². The van der Waals surface area contributed by atoms with Gasteiger partial charge in [-0.3, -0.25) is 4.99 Å². The molecule has 4 rings (SSSR count). The lowest BCUT2D eigenvalue weighted by atomic mass is 9.73. The van der Waals surface area contributed by atoms with Crippen LogP contribution < -0.4 is 5.32 Å². The highest BCUT2D eigenvalue weighted by molar-refractivity contribution is 5.80. The van der Waals surface area contributed by atoms with Crippen LogP contribution in [0.1, 0.15) is 52.4 Å². The van der Waals surface area contributed by atoms with Gasteiger partial charge >= 0.3 is 0 Å². The molecule has 136 valence electrons. The molecule has 24 heavy (non-hydrogen) atoms. The summed E-state index contributed by atoms with van der Waals surface area (Å²) in [6.07, 6.45) is 7.65. The Bertz CT molecular complexity index is 479. The molecule has 6 atom stereocenters. The maximum absolute atomic E-state index is 10.4. The second kappa shape index (κ2) is 6.49. The second-order valence-corrected chi connectivity index (χ2v) is 8.61. The van der Waals surface area contributed by atoms with Crippen LogP contribution in [0, 0.1) is 17.3 Å². The van der Waals surface area contributed by atoms with E-state index in [0.29, 0.717) is 24.0 Å². The highest BCUT2D eigenvalue weighted by atomic mass is 16.5. The Kier molecular flexibility index (Phi) is 4.50. The van der Waals surface area contributed by atoms with Crippen LogP contribution in [-0.2, 0) is 4.74 Å². The van der Waals surface area contributed by atoms with Crippen LogP contribution in [0.25, 0.3) is 0 Å². The van der Waals surface area contributed by atoms with E-state index in [1.165, 1.54) is 19.3 Å². The quantitative estimate of drug-likeness (QED) is 0.612. The lowest BCUT2D eigenvalue weighted by molar-refractivity contribution is 0.00702. The number of nitrogens with one attached hydrogen (secondary N) is 1. The van der Waals surface area contributed by atoms with Gasteiger partial charge in [0.15, 0.2) is 5.96 Å². The molecule has 0 aromatic rings. The van der Waals surface area contributed by atoms with Gasteiger partial charge in [0, 0.05) is 36.9 Å². The summed E-state index contributed by atoms with van der Waals surface area (Å²) < 4.78 is 6.09. The van der Waals surface area contributed by atoms with Gasteiger partial charge in [0.1, 0.15) is 0 Å².